The lowest BCUT2D eigenvalue weighted by molar-refractivity contribution is 0.0820. The van der Waals surface area contributed by atoms with Crippen LogP contribution in [0.1, 0.15) is 32.4 Å². The van der Waals surface area contributed by atoms with Crippen LogP contribution in [0.3, 0.4) is 0 Å². The zero-order valence-corrected chi connectivity index (χ0v) is 13.9. The Morgan fingerprint density at radius 1 is 1.05 bits per heavy atom. The van der Waals surface area contributed by atoms with Crippen molar-refractivity contribution in [1.82, 2.24) is 10.2 Å². The Morgan fingerprint density at radius 2 is 1.57 bits per heavy atom. The van der Waals surface area contributed by atoms with Crippen LogP contribution in [0.5, 0.6) is 11.5 Å². The van der Waals surface area contributed by atoms with Crippen molar-refractivity contribution in [2.24, 2.45) is 5.41 Å². The Labute approximate surface area is 128 Å². The second kappa shape index (κ2) is 6.67. The van der Waals surface area contributed by atoms with E-state index >= 15 is 0 Å². The number of hydrogen-bond acceptors (Lipinski definition) is 4. The average molecular weight is 292 g/mol. The van der Waals surface area contributed by atoms with E-state index in [0.29, 0.717) is 0 Å². The van der Waals surface area contributed by atoms with E-state index in [1.807, 2.05) is 18.2 Å². The summed E-state index contributed by atoms with van der Waals surface area (Å²) >= 11 is 0. The van der Waals surface area contributed by atoms with E-state index in [0.717, 1.165) is 43.2 Å². The van der Waals surface area contributed by atoms with Crippen LogP contribution in [-0.4, -0.2) is 45.3 Å². The average Bonchev–Trinajstić information content (AvgIpc) is 2.47. The standard InChI is InChI=1S/C17H28N2O2/c1-17(2,3)16(19-11-9-18-10-12-19)15-13(20-4)7-6-8-14(15)21-5/h6-8,16,18H,9-12H2,1-5H3/t16-/m1/s1. The highest BCUT2D eigenvalue weighted by molar-refractivity contribution is 5.47. The first-order valence-electron chi connectivity index (χ1n) is 7.64. The van der Waals surface area contributed by atoms with Gasteiger partial charge in [-0.05, 0) is 17.5 Å². The molecule has 0 bridgehead atoms. The van der Waals surface area contributed by atoms with Gasteiger partial charge in [-0.15, -0.1) is 0 Å². The zero-order chi connectivity index (χ0) is 15.5. The van der Waals surface area contributed by atoms with Crippen molar-refractivity contribution in [3.05, 3.63) is 23.8 Å². The first kappa shape index (κ1) is 16.1. The van der Waals surface area contributed by atoms with E-state index in [1.165, 1.54) is 0 Å². The highest BCUT2D eigenvalue weighted by Crippen LogP contribution is 2.46. The van der Waals surface area contributed by atoms with Gasteiger partial charge in [0.25, 0.3) is 0 Å². The number of nitrogens with one attached hydrogen (secondary N) is 1. The molecule has 1 fully saturated rings. The molecule has 1 aliphatic heterocycles. The molecule has 0 unspecified atom stereocenters. The van der Waals surface area contributed by atoms with Gasteiger partial charge in [-0.2, -0.15) is 0 Å². The molecule has 0 aliphatic carbocycles. The molecule has 1 saturated heterocycles. The largest absolute Gasteiger partial charge is 0.496 e. The van der Waals surface area contributed by atoms with Gasteiger partial charge >= 0.3 is 0 Å². The Balaban J connectivity index is 2.50. The zero-order valence-electron chi connectivity index (χ0n) is 13.9. The van der Waals surface area contributed by atoms with Crippen molar-refractivity contribution >= 4 is 0 Å². The van der Waals surface area contributed by atoms with Gasteiger partial charge in [-0.1, -0.05) is 26.8 Å². The van der Waals surface area contributed by atoms with E-state index in [9.17, 15) is 0 Å². The lowest BCUT2D eigenvalue weighted by Crippen LogP contribution is -2.48. The molecule has 0 radical (unpaired) electrons. The lowest BCUT2D eigenvalue weighted by Gasteiger charge is -2.43. The maximum atomic E-state index is 5.63. The maximum absolute atomic E-state index is 5.63. The molecule has 118 valence electrons. The fourth-order valence-electron chi connectivity index (χ4n) is 3.25. The second-order valence-electron chi connectivity index (χ2n) is 6.63. The SMILES string of the molecule is COc1cccc(OC)c1[C@@H](N1CCNCC1)C(C)(C)C. The van der Waals surface area contributed by atoms with Gasteiger partial charge in [-0.3, -0.25) is 4.90 Å². The number of piperazine rings is 1. The second-order valence-corrected chi connectivity index (χ2v) is 6.63. The number of rotatable bonds is 4. The number of nitrogens with zero attached hydrogens (tertiary/aromatic N) is 1. The summed E-state index contributed by atoms with van der Waals surface area (Å²) in [4.78, 5) is 2.54. The summed E-state index contributed by atoms with van der Waals surface area (Å²) < 4.78 is 11.3. The van der Waals surface area contributed by atoms with E-state index in [2.05, 4.69) is 31.0 Å². The summed E-state index contributed by atoms with van der Waals surface area (Å²) in [5.41, 5.74) is 1.26. The lowest BCUT2D eigenvalue weighted by atomic mass is 9.80. The minimum absolute atomic E-state index is 0.0965. The van der Waals surface area contributed by atoms with Crippen LogP contribution in [-0.2, 0) is 0 Å². The molecule has 0 amide bonds. The number of methoxy groups -OCH3 is 2. The predicted octanol–water partition coefficient (Wildman–Crippen LogP) is 2.70. The number of benzene rings is 1. The monoisotopic (exact) mass is 292 g/mol. The van der Waals surface area contributed by atoms with Gasteiger partial charge in [0.1, 0.15) is 11.5 Å². The Morgan fingerprint density at radius 3 is 2.00 bits per heavy atom. The molecule has 4 heteroatoms. The number of ether oxygens (including phenoxy) is 2. The summed E-state index contributed by atoms with van der Waals surface area (Å²) in [6, 6.07) is 6.31. The minimum Gasteiger partial charge on any atom is -0.496 e. The van der Waals surface area contributed by atoms with Crippen LogP contribution >= 0.6 is 0 Å². The van der Waals surface area contributed by atoms with Crippen LogP contribution in [0.4, 0.5) is 0 Å². The van der Waals surface area contributed by atoms with Crippen molar-refractivity contribution in [3.63, 3.8) is 0 Å². The molecule has 1 aromatic rings. The Bertz CT molecular complexity index is 440. The summed E-state index contributed by atoms with van der Waals surface area (Å²) in [6.07, 6.45) is 0. The van der Waals surface area contributed by atoms with Gasteiger partial charge < -0.3 is 14.8 Å². The minimum atomic E-state index is 0.0965. The van der Waals surface area contributed by atoms with Crippen molar-refractivity contribution in [1.29, 1.82) is 0 Å². The number of hydrogen-bond donors (Lipinski definition) is 1. The Kier molecular flexibility index (Phi) is 5.12. The van der Waals surface area contributed by atoms with Gasteiger partial charge in [-0.25, -0.2) is 0 Å². The van der Waals surface area contributed by atoms with Gasteiger partial charge in [0.05, 0.1) is 19.8 Å². The van der Waals surface area contributed by atoms with E-state index in [4.69, 9.17) is 9.47 Å². The molecule has 1 aliphatic rings. The van der Waals surface area contributed by atoms with Crippen LogP contribution in [0, 0.1) is 5.41 Å². The third kappa shape index (κ3) is 3.50. The first-order chi connectivity index (χ1) is 9.99. The van der Waals surface area contributed by atoms with Crippen LogP contribution in [0.25, 0.3) is 0 Å². The third-order valence-electron chi connectivity index (χ3n) is 4.08. The molecule has 1 N–H and O–H groups in total. The van der Waals surface area contributed by atoms with Crippen molar-refractivity contribution in [2.45, 2.75) is 26.8 Å². The van der Waals surface area contributed by atoms with Crippen molar-refractivity contribution in [2.75, 3.05) is 40.4 Å². The molecule has 0 saturated carbocycles. The summed E-state index contributed by atoms with van der Waals surface area (Å²) in [7, 11) is 3.46. The molecule has 1 atom stereocenters. The molecule has 0 spiro atoms. The first-order valence-corrected chi connectivity index (χ1v) is 7.64. The van der Waals surface area contributed by atoms with Gasteiger partial charge in [0, 0.05) is 32.2 Å². The van der Waals surface area contributed by atoms with Crippen LogP contribution < -0.4 is 14.8 Å². The summed E-state index contributed by atoms with van der Waals surface area (Å²) in [5.74, 6) is 1.82. The molecular weight excluding hydrogens is 264 g/mol. The smallest absolute Gasteiger partial charge is 0.127 e. The van der Waals surface area contributed by atoms with Crippen molar-refractivity contribution in [3.8, 4) is 11.5 Å². The Hall–Kier alpha value is -1.26. The molecular formula is C17H28N2O2. The maximum Gasteiger partial charge on any atom is 0.127 e. The molecule has 4 nitrogen and oxygen atoms in total. The predicted molar refractivity (Wildman–Crippen MR) is 86.2 cm³/mol. The quantitative estimate of drug-likeness (QED) is 0.925. The fraction of sp³-hybridized carbons (Fsp3) is 0.647. The van der Waals surface area contributed by atoms with Crippen LogP contribution in [0.15, 0.2) is 18.2 Å². The summed E-state index contributed by atoms with van der Waals surface area (Å²) in [6.45, 7) is 11.0. The highest BCUT2D eigenvalue weighted by atomic mass is 16.5. The van der Waals surface area contributed by atoms with Crippen molar-refractivity contribution < 1.29 is 9.47 Å². The van der Waals surface area contributed by atoms with E-state index in [1.54, 1.807) is 14.2 Å². The molecule has 2 rings (SSSR count). The molecule has 21 heavy (non-hydrogen) atoms. The van der Waals surface area contributed by atoms with Gasteiger partial charge in [0.15, 0.2) is 0 Å². The van der Waals surface area contributed by atoms with E-state index in [-0.39, 0.29) is 11.5 Å². The molecule has 1 heterocycles. The highest BCUT2D eigenvalue weighted by Gasteiger charge is 2.36. The molecule has 0 aromatic heterocycles. The summed E-state index contributed by atoms with van der Waals surface area (Å²) in [5, 5.41) is 3.43. The van der Waals surface area contributed by atoms with Gasteiger partial charge in [0.2, 0.25) is 0 Å². The fourth-order valence-corrected chi connectivity index (χ4v) is 3.25. The molecule has 1 aromatic carbocycles. The van der Waals surface area contributed by atoms with Crippen LogP contribution in [0.2, 0.25) is 0 Å². The van der Waals surface area contributed by atoms with E-state index < -0.39 is 0 Å². The topological polar surface area (TPSA) is 33.7 Å². The normalized spacial score (nSPS) is 18.3. The third-order valence-corrected chi connectivity index (χ3v) is 4.08.